The summed E-state index contributed by atoms with van der Waals surface area (Å²) >= 11 is 0. The molecule has 0 N–H and O–H groups in total. The van der Waals surface area contributed by atoms with Gasteiger partial charge in [-0.25, -0.2) is 8.78 Å². The summed E-state index contributed by atoms with van der Waals surface area (Å²) in [5.41, 5.74) is 1.28. The Hall–Kier alpha value is -2.47. The smallest absolute Gasteiger partial charge is 0.260 e. The summed E-state index contributed by atoms with van der Waals surface area (Å²) in [6, 6.07) is 13.8. The van der Waals surface area contributed by atoms with E-state index in [0.29, 0.717) is 25.0 Å². The van der Waals surface area contributed by atoms with Crippen LogP contribution in [0, 0.1) is 17.6 Å². The van der Waals surface area contributed by atoms with Crippen molar-refractivity contribution in [2.24, 2.45) is 5.92 Å². The predicted octanol–water partition coefficient (Wildman–Crippen LogP) is 3.47. The van der Waals surface area contributed by atoms with E-state index in [1.54, 1.807) is 0 Å². The van der Waals surface area contributed by atoms with Crippen molar-refractivity contribution < 1.29 is 18.3 Å². The van der Waals surface area contributed by atoms with Crippen LogP contribution in [-0.4, -0.2) is 48.0 Å². The molecule has 1 amide bonds. The summed E-state index contributed by atoms with van der Waals surface area (Å²) in [6.45, 7) is 3.01. The first-order valence-corrected chi connectivity index (χ1v) is 9.72. The van der Waals surface area contributed by atoms with E-state index < -0.39 is 11.6 Å². The molecule has 6 heteroatoms. The average molecular weight is 386 g/mol. The van der Waals surface area contributed by atoms with Crippen molar-refractivity contribution in [1.29, 1.82) is 0 Å². The van der Waals surface area contributed by atoms with E-state index in [0.717, 1.165) is 38.1 Å². The second-order valence-electron chi connectivity index (χ2n) is 7.67. The molecule has 3 fully saturated rings. The van der Waals surface area contributed by atoms with Gasteiger partial charge >= 0.3 is 0 Å². The third-order valence-electron chi connectivity index (χ3n) is 5.65. The number of carbonyl (C=O) groups is 1. The Balaban J connectivity index is 1.37. The maximum absolute atomic E-state index is 13.7. The van der Waals surface area contributed by atoms with Crippen molar-refractivity contribution >= 4 is 5.91 Å². The highest BCUT2D eigenvalue weighted by Gasteiger charge is 2.36. The van der Waals surface area contributed by atoms with Gasteiger partial charge in [0.1, 0.15) is 5.82 Å². The molecule has 2 bridgehead atoms. The topological polar surface area (TPSA) is 32.8 Å². The highest BCUT2D eigenvalue weighted by Crippen LogP contribution is 2.29. The molecule has 3 aliphatic rings. The lowest BCUT2D eigenvalue weighted by atomic mass is 9.94. The van der Waals surface area contributed by atoms with Crippen molar-refractivity contribution in [3.63, 3.8) is 0 Å². The molecule has 2 atom stereocenters. The Morgan fingerprint density at radius 2 is 1.86 bits per heavy atom. The monoisotopic (exact) mass is 386 g/mol. The van der Waals surface area contributed by atoms with Crippen LogP contribution in [0.3, 0.4) is 0 Å². The van der Waals surface area contributed by atoms with Gasteiger partial charge in [0.15, 0.2) is 18.2 Å². The number of halogens is 2. The molecule has 0 aromatic heterocycles. The fraction of sp³-hybridized carbons (Fsp3) is 0.409. The molecular weight excluding hydrogens is 362 g/mol. The standard InChI is InChI=1S/C22H24F2N2O2/c23-18-7-9-21(20(24)10-18)28-15-22(27)26-13-17-6-8-19(14-26)25(12-17)11-16-4-2-1-3-5-16/h1-5,7,9-10,17,19H,6,8,11-15H2/t17-,19-/m1/s1. The lowest BCUT2D eigenvalue weighted by Gasteiger charge is -2.36. The van der Waals surface area contributed by atoms with Crippen LogP contribution in [0.15, 0.2) is 48.5 Å². The zero-order chi connectivity index (χ0) is 19.5. The van der Waals surface area contributed by atoms with Gasteiger partial charge in [0, 0.05) is 38.3 Å². The molecule has 148 valence electrons. The summed E-state index contributed by atoms with van der Waals surface area (Å²) in [5, 5.41) is 0. The molecule has 0 aliphatic carbocycles. The van der Waals surface area contributed by atoms with E-state index in [2.05, 4.69) is 17.0 Å². The molecule has 3 aliphatic heterocycles. The number of ether oxygens (including phenoxy) is 1. The molecule has 0 spiro atoms. The van der Waals surface area contributed by atoms with Crippen LogP contribution in [0.1, 0.15) is 18.4 Å². The Labute approximate surface area is 163 Å². The highest BCUT2D eigenvalue weighted by atomic mass is 19.1. The van der Waals surface area contributed by atoms with Gasteiger partial charge in [0.25, 0.3) is 5.91 Å². The number of rotatable bonds is 5. The van der Waals surface area contributed by atoms with Crippen molar-refractivity contribution in [3.05, 3.63) is 65.7 Å². The zero-order valence-electron chi connectivity index (χ0n) is 15.7. The maximum atomic E-state index is 13.7. The third-order valence-corrected chi connectivity index (χ3v) is 5.65. The molecule has 28 heavy (non-hydrogen) atoms. The first kappa shape index (κ1) is 18.9. The maximum Gasteiger partial charge on any atom is 0.260 e. The number of carbonyl (C=O) groups excluding carboxylic acids is 1. The van der Waals surface area contributed by atoms with E-state index in [1.807, 2.05) is 23.1 Å². The van der Waals surface area contributed by atoms with Gasteiger partial charge in [-0.15, -0.1) is 0 Å². The Morgan fingerprint density at radius 1 is 1.04 bits per heavy atom. The van der Waals surface area contributed by atoms with E-state index in [4.69, 9.17) is 4.74 Å². The van der Waals surface area contributed by atoms with E-state index in [1.165, 1.54) is 11.6 Å². The van der Waals surface area contributed by atoms with Crippen molar-refractivity contribution in [3.8, 4) is 5.75 Å². The summed E-state index contributed by atoms with van der Waals surface area (Å²) in [7, 11) is 0. The van der Waals surface area contributed by atoms with Crippen molar-refractivity contribution in [2.45, 2.75) is 25.4 Å². The fourth-order valence-electron chi connectivity index (χ4n) is 4.22. The molecule has 2 aromatic rings. The minimum Gasteiger partial charge on any atom is -0.481 e. The van der Waals surface area contributed by atoms with Crippen molar-refractivity contribution in [1.82, 2.24) is 9.80 Å². The third kappa shape index (κ3) is 4.33. The summed E-state index contributed by atoms with van der Waals surface area (Å²) in [5.74, 6) is -1.27. The Bertz CT molecular complexity index is 831. The predicted molar refractivity (Wildman–Crippen MR) is 102 cm³/mol. The van der Waals surface area contributed by atoms with Crippen LogP contribution < -0.4 is 4.74 Å². The van der Waals surface area contributed by atoms with E-state index in [9.17, 15) is 13.6 Å². The number of benzene rings is 2. The van der Waals surface area contributed by atoms with Crippen LogP contribution in [0.2, 0.25) is 0 Å². The lowest BCUT2D eigenvalue weighted by Crippen LogP contribution is -2.44. The minimum absolute atomic E-state index is 0.0988. The number of amides is 1. The van der Waals surface area contributed by atoms with Gasteiger partial charge in [0.05, 0.1) is 0 Å². The molecule has 5 rings (SSSR count). The largest absolute Gasteiger partial charge is 0.481 e. The number of piperidine rings is 1. The van der Waals surface area contributed by atoms with Crippen LogP contribution in [0.5, 0.6) is 5.75 Å². The normalized spacial score (nSPS) is 22.1. The quantitative estimate of drug-likeness (QED) is 0.789. The van der Waals surface area contributed by atoms with Crippen LogP contribution in [0.4, 0.5) is 8.78 Å². The Kier molecular flexibility index (Phi) is 5.57. The summed E-state index contributed by atoms with van der Waals surface area (Å²) < 4.78 is 32.0. The SMILES string of the molecule is O=C(COc1ccc(F)cc1F)N1C[C@@H]2CC[C@H](C1)N(Cc1ccccc1)C2. The fourth-order valence-corrected chi connectivity index (χ4v) is 4.22. The van der Waals surface area contributed by atoms with Gasteiger partial charge in [0.2, 0.25) is 0 Å². The lowest BCUT2D eigenvalue weighted by molar-refractivity contribution is -0.133. The molecule has 2 aromatic carbocycles. The number of hydrogen-bond donors (Lipinski definition) is 0. The number of hydrogen-bond acceptors (Lipinski definition) is 3. The zero-order valence-corrected chi connectivity index (χ0v) is 15.7. The van der Waals surface area contributed by atoms with Crippen LogP contribution in [-0.2, 0) is 11.3 Å². The van der Waals surface area contributed by atoms with Gasteiger partial charge in [-0.3, -0.25) is 9.69 Å². The molecular formula is C22H24F2N2O2. The summed E-state index contributed by atoms with van der Waals surface area (Å²) in [4.78, 5) is 17.0. The second-order valence-corrected chi connectivity index (χ2v) is 7.67. The second kappa shape index (κ2) is 8.27. The first-order chi connectivity index (χ1) is 13.6. The molecule has 0 unspecified atom stereocenters. The van der Waals surface area contributed by atoms with E-state index >= 15 is 0 Å². The highest BCUT2D eigenvalue weighted by molar-refractivity contribution is 5.78. The molecule has 0 radical (unpaired) electrons. The van der Waals surface area contributed by atoms with Gasteiger partial charge < -0.3 is 9.64 Å². The Morgan fingerprint density at radius 3 is 2.64 bits per heavy atom. The molecule has 3 heterocycles. The molecule has 4 nitrogen and oxygen atoms in total. The average Bonchev–Trinajstić information content (AvgIpc) is 3.00. The van der Waals surface area contributed by atoms with Gasteiger partial charge in [-0.1, -0.05) is 30.3 Å². The first-order valence-electron chi connectivity index (χ1n) is 9.72. The minimum atomic E-state index is -0.794. The number of fused-ring (bicyclic) bond motifs is 4. The van der Waals surface area contributed by atoms with Gasteiger partial charge in [-0.05, 0) is 36.5 Å². The molecule has 0 saturated carbocycles. The van der Waals surface area contributed by atoms with Crippen LogP contribution in [0.25, 0.3) is 0 Å². The van der Waals surface area contributed by atoms with Crippen molar-refractivity contribution in [2.75, 3.05) is 26.2 Å². The van der Waals surface area contributed by atoms with Gasteiger partial charge in [-0.2, -0.15) is 0 Å². The van der Waals surface area contributed by atoms with E-state index in [-0.39, 0.29) is 18.3 Å². The number of nitrogens with zero attached hydrogens (tertiary/aromatic N) is 2. The summed E-state index contributed by atoms with van der Waals surface area (Å²) in [6.07, 6.45) is 2.20. The molecule has 3 saturated heterocycles. The van der Waals surface area contributed by atoms with Crippen LogP contribution >= 0.6 is 0 Å².